The normalized spacial score (nSPS) is 10.1. The molecule has 25 heavy (non-hydrogen) atoms. The van der Waals surface area contributed by atoms with E-state index in [9.17, 15) is 9.59 Å². The van der Waals surface area contributed by atoms with Crippen LogP contribution in [0.5, 0.6) is 0 Å². The summed E-state index contributed by atoms with van der Waals surface area (Å²) in [6.07, 6.45) is 1.54. The number of para-hydroxylation sites is 2. The molecular formula is C19H14BrN3O2. The van der Waals surface area contributed by atoms with Gasteiger partial charge in [0.15, 0.2) is 0 Å². The Morgan fingerprint density at radius 1 is 0.760 bits per heavy atom. The summed E-state index contributed by atoms with van der Waals surface area (Å²) in [5, 5.41) is 5.56. The monoisotopic (exact) mass is 395 g/mol. The third-order valence-electron chi connectivity index (χ3n) is 3.44. The molecule has 0 saturated carbocycles. The summed E-state index contributed by atoms with van der Waals surface area (Å²) in [5.41, 5.74) is 1.71. The summed E-state index contributed by atoms with van der Waals surface area (Å²) in [6, 6.07) is 19.2. The molecule has 0 radical (unpaired) electrons. The number of nitrogens with zero attached hydrogens (tertiary/aromatic N) is 1. The lowest BCUT2D eigenvalue weighted by atomic mass is 10.1. The zero-order chi connectivity index (χ0) is 17.6. The number of hydrogen-bond donors (Lipinski definition) is 2. The fourth-order valence-electron chi connectivity index (χ4n) is 2.23. The van der Waals surface area contributed by atoms with Gasteiger partial charge in [-0.25, -0.2) is 0 Å². The Bertz CT molecular complexity index is 913. The van der Waals surface area contributed by atoms with Gasteiger partial charge < -0.3 is 10.6 Å². The van der Waals surface area contributed by atoms with E-state index in [4.69, 9.17) is 0 Å². The molecule has 0 aliphatic heterocycles. The Kier molecular flexibility index (Phi) is 5.20. The maximum absolute atomic E-state index is 12.6. The van der Waals surface area contributed by atoms with Crippen LogP contribution in [0, 0.1) is 0 Å². The van der Waals surface area contributed by atoms with Crippen molar-refractivity contribution in [2.24, 2.45) is 0 Å². The molecule has 0 fully saturated rings. The second-order valence-electron chi connectivity index (χ2n) is 5.15. The number of amides is 2. The van der Waals surface area contributed by atoms with Crippen LogP contribution in [0.15, 0.2) is 77.4 Å². The second kappa shape index (κ2) is 7.72. The van der Waals surface area contributed by atoms with Crippen molar-refractivity contribution in [3.05, 3.63) is 88.7 Å². The van der Waals surface area contributed by atoms with Gasteiger partial charge in [0.2, 0.25) is 0 Å². The maximum Gasteiger partial charge on any atom is 0.274 e. The lowest BCUT2D eigenvalue weighted by Gasteiger charge is -2.12. The summed E-state index contributed by atoms with van der Waals surface area (Å²) >= 11 is 3.39. The Morgan fingerprint density at radius 2 is 1.40 bits per heavy atom. The van der Waals surface area contributed by atoms with Crippen LogP contribution in [-0.2, 0) is 0 Å². The smallest absolute Gasteiger partial charge is 0.274 e. The van der Waals surface area contributed by atoms with Crippen molar-refractivity contribution in [1.82, 2.24) is 4.98 Å². The second-order valence-corrected chi connectivity index (χ2v) is 6.00. The molecule has 2 amide bonds. The fourth-order valence-corrected chi connectivity index (χ4v) is 2.61. The first kappa shape index (κ1) is 16.9. The summed E-state index contributed by atoms with van der Waals surface area (Å²) < 4.78 is 0.776. The van der Waals surface area contributed by atoms with Gasteiger partial charge in [-0.2, -0.15) is 0 Å². The number of rotatable bonds is 4. The van der Waals surface area contributed by atoms with Gasteiger partial charge in [0.25, 0.3) is 11.8 Å². The van der Waals surface area contributed by atoms with Crippen LogP contribution >= 0.6 is 15.9 Å². The van der Waals surface area contributed by atoms with Gasteiger partial charge in [-0.15, -0.1) is 0 Å². The number of halogens is 1. The first-order valence-electron chi connectivity index (χ1n) is 7.52. The van der Waals surface area contributed by atoms with E-state index in [2.05, 4.69) is 31.5 Å². The number of benzene rings is 2. The number of hydrogen-bond acceptors (Lipinski definition) is 3. The van der Waals surface area contributed by atoms with E-state index >= 15 is 0 Å². The Morgan fingerprint density at radius 3 is 2.12 bits per heavy atom. The molecule has 0 spiro atoms. The average molecular weight is 396 g/mol. The van der Waals surface area contributed by atoms with Crippen LogP contribution in [0.25, 0.3) is 0 Å². The quantitative estimate of drug-likeness (QED) is 0.689. The zero-order valence-corrected chi connectivity index (χ0v) is 14.7. The zero-order valence-electron chi connectivity index (χ0n) is 13.1. The molecule has 0 aliphatic rings. The lowest BCUT2D eigenvalue weighted by Crippen LogP contribution is -2.19. The maximum atomic E-state index is 12.6. The number of anilines is 2. The minimum atomic E-state index is -0.373. The van der Waals surface area contributed by atoms with E-state index in [1.54, 1.807) is 54.7 Å². The number of pyridine rings is 1. The van der Waals surface area contributed by atoms with E-state index in [0.717, 1.165) is 4.47 Å². The highest BCUT2D eigenvalue weighted by atomic mass is 79.9. The van der Waals surface area contributed by atoms with Gasteiger partial charge in [-0.1, -0.05) is 30.3 Å². The minimum absolute atomic E-state index is 0.281. The number of aromatic nitrogens is 1. The molecule has 0 bridgehead atoms. The average Bonchev–Trinajstić information content (AvgIpc) is 2.64. The van der Waals surface area contributed by atoms with Crippen LogP contribution < -0.4 is 10.6 Å². The van der Waals surface area contributed by atoms with E-state index in [0.29, 0.717) is 16.9 Å². The fraction of sp³-hybridized carbons (Fsp3) is 0. The van der Waals surface area contributed by atoms with E-state index in [1.807, 2.05) is 18.2 Å². The van der Waals surface area contributed by atoms with E-state index in [1.165, 1.54) is 0 Å². The molecule has 5 nitrogen and oxygen atoms in total. The third kappa shape index (κ3) is 4.10. The van der Waals surface area contributed by atoms with Crippen molar-refractivity contribution in [3.8, 4) is 0 Å². The molecule has 2 N–H and O–H groups in total. The van der Waals surface area contributed by atoms with Gasteiger partial charge >= 0.3 is 0 Å². The van der Waals surface area contributed by atoms with Crippen molar-refractivity contribution >= 4 is 39.1 Å². The molecule has 1 aromatic heterocycles. The number of carbonyl (C=O) groups excluding carboxylic acids is 2. The predicted molar refractivity (Wildman–Crippen MR) is 101 cm³/mol. The van der Waals surface area contributed by atoms with Crippen LogP contribution in [0.4, 0.5) is 11.4 Å². The molecule has 1 heterocycles. The highest BCUT2D eigenvalue weighted by Gasteiger charge is 2.15. The SMILES string of the molecule is O=C(Nc1ccccc1C(=O)Nc1ccccc1Br)c1ccccn1. The molecule has 0 atom stereocenters. The molecule has 6 heteroatoms. The molecule has 2 aromatic carbocycles. The van der Waals surface area contributed by atoms with Gasteiger partial charge in [0, 0.05) is 10.7 Å². The molecule has 124 valence electrons. The van der Waals surface area contributed by atoms with E-state index < -0.39 is 0 Å². The van der Waals surface area contributed by atoms with Gasteiger partial charge in [0.1, 0.15) is 5.69 Å². The molecule has 0 aliphatic carbocycles. The van der Waals surface area contributed by atoms with Crippen molar-refractivity contribution in [2.75, 3.05) is 10.6 Å². The standard InChI is InChI=1S/C19H14BrN3O2/c20-14-8-2-4-10-16(14)23-18(24)13-7-1-3-9-15(13)22-19(25)17-11-5-6-12-21-17/h1-12H,(H,22,25)(H,23,24). The number of carbonyl (C=O) groups is 2. The van der Waals surface area contributed by atoms with Gasteiger partial charge in [-0.3, -0.25) is 14.6 Å². The first-order chi connectivity index (χ1) is 12.1. The highest BCUT2D eigenvalue weighted by Crippen LogP contribution is 2.23. The highest BCUT2D eigenvalue weighted by molar-refractivity contribution is 9.10. The Labute approximate surface area is 153 Å². The topological polar surface area (TPSA) is 71.1 Å². The van der Waals surface area contributed by atoms with E-state index in [-0.39, 0.29) is 17.5 Å². The predicted octanol–water partition coefficient (Wildman–Crippen LogP) is 4.35. The summed E-state index contributed by atoms with van der Waals surface area (Å²) in [5.74, 6) is -0.689. The van der Waals surface area contributed by atoms with Crippen molar-refractivity contribution in [2.45, 2.75) is 0 Å². The van der Waals surface area contributed by atoms with Crippen molar-refractivity contribution in [1.29, 1.82) is 0 Å². The van der Waals surface area contributed by atoms with Gasteiger partial charge in [-0.05, 0) is 52.3 Å². The third-order valence-corrected chi connectivity index (χ3v) is 4.13. The van der Waals surface area contributed by atoms with Crippen LogP contribution in [0.2, 0.25) is 0 Å². The first-order valence-corrected chi connectivity index (χ1v) is 8.32. The summed E-state index contributed by atoms with van der Waals surface area (Å²) in [6.45, 7) is 0. The lowest BCUT2D eigenvalue weighted by molar-refractivity contribution is 0.102. The Hall–Kier alpha value is -2.99. The molecule has 0 unspecified atom stereocenters. The summed E-state index contributed by atoms with van der Waals surface area (Å²) in [7, 11) is 0. The molecular weight excluding hydrogens is 382 g/mol. The van der Waals surface area contributed by atoms with Crippen LogP contribution in [0.3, 0.4) is 0 Å². The van der Waals surface area contributed by atoms with Crippen LogP contribution in [0.1, 0.15) is 20.8 Å². The largest absolute Gasteiger partial charge is 0.321 e. The Balaban J connectivity index is 1.82. The van der Waals surface area contributed by atoms with Gasteiger partial charge in [0.05, 0.1) is 16.9 Å². The minimum Gasteiger partial charge on any atom is -0.321 e. The van der Waals surface area contributed by atoms with Crippen molar-refractivity contribution in [3.63, 3.8) is 0 Å². The van der Waals surface area contributed by atoms with Crippen LogP contribution in [-0.4, -0.2) is 16.8 Å². The van der Waals surface area contributed by atoms with Crippen molar-refractivity contribution < 1.29 is 9.59 Å². The molecule has 3 rings (SSSR count). The molecule has 0 saturated heterocycles. The molecule has 3 aromatic rings. The summed E-state index contributed by atoms with van der Waals surface area (Å²) in [4.78, 5) is 28.9. The number of nitrogens with one attached hydrogen (secondary N) is 2.